The Balaban J connectivity index is 0.00000210. The average Bonchev–Trinajstić information content (AvgIpc) is 2.75. The van der Waals surface area contributed by atoms with Crippen LogP contribution in [0.2, 0.25) is 0 Å². The summed E-state index contributed by atoms with van der Waals surface area (Å²) in [5.74, 6) is 0. The van der Waals surface area contributed by atoms with Gasteiger partial charge >= 0.3 is 161 Å². The van der Waals surface area contributed by atoms with Gasteiger partial charge < -0.3 is 5.48 Å². The molecule has 0 saturated heterocycles. The van der Waals surface area contributed by atoms with Crippen LogP contribution in [0.25, 0.3) is 0 Å². The van der Waals surface area contributed by atoms with E-state index in [1.807, 2.05) is 0 Å². The van der Waals surface area contributed by atoms with Gasteiger partial charge in [-0.15, -0.1) is 0 Å². The molecule has 0 aliphatic carbocycles. The van der Waals surface area contributed by atoms with Crippen LogP contribution in [-0.4, -0.2) is 24.3 Å². The molecule has 0 aliphatic rings. The molecule has 0 heterocycles. The number of hydrogen-bond donors (Lipinski definition) is 0. The Hall–Kier alpha value is -2.34. The van der Waals surface area contributed by atoms with Crippen molar-refractivity contribution in [2.75, 3.05) is 0 Å². The van der Waals surface area contributed by atoms with Gasteiger partial charge in [0.2, 0.25) is 0 Å². The van der Waals surface area contributed by atoms with Crippen molar-refractivity contribution < 1.29 is 5.48 Å². The van der Waals surface area contributed by atoms with Crippen molar-refractivity contribution >= 4 is 29.3 Å². The van der Waals surface area contributed by atoms with Crippen LogP contribution in [0, 0.1) is 0 Å². The Morgan fingerprint density at radius 3 is 1.04 bits per heavy atom. The molecule has 4 rings (SSSR count). The Labute approximate surface area is 165 Å². The summed E-state index contributed by atoms with van der Waals surface area (Å²) in [5, 5.41) is 0. The van der Waals surface area contributed by atoms with Gasteiger partial charge in [-0.25, -0.2) is 0 Å². The first-order valence-electron chi connectivity index (χ1n) is 8.98. The molecule has 1 N–H and O–H groups in total. The average molecular weight is 461 g/mol. The molecular formula is C25H23OSb. The van der Waals surface area contributed by atoms with Gasteiger partial charge in [0.25, 0.3) is 0 Å². The summed E-state index contributed by atoms with van der Waals surface area (Å²) >= 11 is -3.02. The van der Waals surface area contributed by atoms with E-state index in [1.165, 1.54) is 16.1 Å². The third-order valence-corrected chi connectivity index (χ3v) is 17.4. The molecule has 0 aromatic heterocycles. The molecule has 0 aliphatic heterocycles. The van der Waals surface area contributed by atoms with Gasteiger partial charge in [-0.3, -0.25) is 0 Å². The van der Waals surface area contributed by atoms with Gasteiger partial charge in [0, 0.05) is 0 Å². The zero-order valence-electron chi connectivity index (χ0n) is 15.1. The molecule has 0 radical (unpaired) electrons. The minimum absolute atomic E-state index is 0. The van der Waals surface area contributed by atoms with Crippen molar-refractivity contribution in [3.05, 3.63) is 127 Å². The molecular weight excluding hydrogens is 438 g/mol. The normalized spacial score (nSPS) is 10.8. The van der Waals surface area contributed by atoms with E-state index in [0.717, 1.165) is 4.37 Å². The Morgan fingerprint density at radius 1 is 0.407 bits per heavy atom. The fourth-order valence-corrected chi connectivity index (χ4v) is 15.7. The predicted octanol–water partition coefficient (Wildman–Crippen LogP) is 3.76. The summed E-state index contributed by atoms with van der Waals surface area (Å²) < 4.78 is 5.68. The van der Waals surface area contributed by atoms with Crippen LogP contribution < -0.4 is 10.5 Å². The molecule has 2 heteroatoms. The van der Waals surface area contributed by atoms with E-state index in [9.17, 15) is 0 Å². The van der Waals surface area contributed by atoms with E-state index in [0.29, 0.717) is 0 Å². The van der Waals surface area contributed by atoms with Gasteiger partial charge in [0.05, 0.1) is 0 Å². The fraction of sp³-hybridized carbons (Fsp3) is 0.0400. The van der Waals surface area contributed by atoms with Crippen LogP contribution in [0.1, 0.15) is 5.56 Å². The summed E-state index contributed by atoms with van der Waals surface area (Å²) in [4.78, 5) is 0. The maximum atomic E-state index is 2.34. The topological polar surface area (TPSA) is 30.0 Å². The van der Waals surface area contributed by atoms with E-state index in [2.05, 4.69) is 121 Å². The molecule has 4 aromatic rings. The summed E-state index contributed by atoms with van der Waals surface area (Å²) in [5.41, 5.74) is 1.43. The zero-order valence-corrected chi connectivity index (χ0v) is 17.7. The molecule has 0 unspecified atom stereocenters. The van der Waals surface area contributed by atoms with Gasteiger partial charge in [-0.2, -0.15) is 0 Å². The Bertz CT molecular complexity index is 842. The second-order valence-corrected chi connectivity index (χ2v) is 16.4. The van der Waals surface area contributed by atoms with Crippen molar-refractivity contribution in [2.24, 2.45) is 0 Å². The number of benzene rings is 4. The first-order chi connectivity index (χ1) is 12.9. The van der Waals surface area contributed by atoms with E-state index in [1.54, 1.807) is 0 Å². The first kappa shape index (κ1) is 19.4. The van der Waals surface area contributed by atoms with Crippen molar-refractivity contribution in [3.63, 3.8) is 0 Å². The number of rotatable bonds is 5. The molecule has 0 saturated carbocycles. The molecule has 0 atom stereocenters. The van der Waals surface area contributed by atoms with Crippen LogP contribution >= 0.6 is 0 Å². The van der Waals surface area contributed by atoms with Gasteiger partial charge in [-0.05, 0) is 0 Å². The van der Waals surface area contributed by atoms with Crippen LogP contribution in [0.5, 0.6) is 0 Å². The monoisotopic (exact) mass is 460 g/mol. The van der Waals surface area contributed by atoms with Crippen molar-refractivity contribution in [3.8, 4) is 0 Å². The van der Waals surface area contributed by atoms with E-state index in [4.69, 9.17) is 0 Å². The molecule has 4 aromatic carbocycles. The van der Waals surface area contributed by atoms with Crippen LogP contribution in [0.4, 0.5) is 0 Å². The van der Waals surface area contributed by atoms with Crippen molar-refractivity contribution in [2.45, 2.75) is 4.37 Å². The van der Waals surface area contributed by atoms with E-state index in [-0.39, 0.29) is 5.48 Å². The van der Waals surface area contributed by atoms with Crippen LogP contribution in [-0.2, 0) is 4.37 Å². The van der Waals surface area contributed by atoms with Gasteiger partial charge in [0.1, 0.15) is 0 Å². The Morgan fingerprint density at radius 2 is 0.704 bits per heavy atom. The summed E-state index contributed by atoms with van der Waals surface area (Å²) in [7, 11) is 0. The number of hydrogen-bond acceptors (Lipinski definition) is 1. The molecule has 0 fully saturated rings. The second-order valence-electron chi connectivity index (χ2n) is 6.46. The molecule has 1 nitrogen and oxygen atoms in total. The molecule has 0 bridgehead atoms. The molecule has 0 amide bonds. The first-order valence-corrected chi connectivity index (χ1v) is 14.6. The van der Waals surface area contributed by atoms with Crippen LogP contribution in [0.15, 0.2) is 121 Å². The SMILES string of the molecule is [OH-].c1ccc([CH2][Sb+]([c]2ccccc2)([c]2ccccc2)[c]2ccccc2)cc1. The van der Waals surface area contributed by atoms with Crippen LogP contribution in [0.3, 0.4) is 0 Å². The Kier molecular flexibility index (Phi) is 6.50. The molecule has 0 spiro atoms. The fourth-order valence-electron chi connectivity index (χ4n) is 3.63. The quantitative estimate of drug-likeness (QED) is 0.417. The van der Waals surface area contributed by atoms with Gasteiger partial charge in [-0.1, -0.05) is 0 Å². The maximum absolute atomic E-state index is 3.02. The second kappa shape index (κ2) is 9.04. The third-order valence-electron chi connectivity index (χ3n) is 4.85. The standard InChI is InChI=1S/C7H7.3C6H5.H2O.Sb/c1-7-5-3-2-4-6-7;3*1-2-4-6-5-3-1;;/h2-6H,1H2;3*1-5H;1H2;/q;;;;;+1/p-1. The predicted molar refractivity (Wildman–Crippen MR) is 116 cm³/mol. The third kappa shape index (κ3) is 4.00. The summed E-state index contributed by atoms with van der Waals surface area (Å²) in [6.45, 7) is 0. The van der Waals surface area contributed by atoms with Crippen molar-refractivity contribution in [1.29, 1.82) is 0 Å². The summed E-state index contributed by atoms with van der Waals surface area (Å²) in [6, 6.07) is 44.5. The van der Waals surface area contributed by atoms with E-state index >= 15 is 0 Å². The summed E-state index contributed by atoms with van der Waals surface area (Å²) in [6.07, 6.45) is 0. The zero-order chi connectivity index (χ0) is 17.7. The minimum atomic E-state index is -3.02. The molecule has 134 valence electrons. The van der Waals surface area contributed by atoms with E-state index < -0.39 is 18.8 Å². The van der Waals surface area contributed by atoms with Gasteiger partial charge in [0.15, 0.2) is 0 Å². The molecule has 27 heavy (non-hydrogen) atoms. The van der Waals surface area contributed by atoms with Crippen molar-refractivity contribution in [1.82, 2.24) is 0 Å².